The highest BCUT2D eigenvalue weighted by molar-refractivity contribution is 5.39. The smallest absolute Gasteiger partial charge is 0.218 e. The number of rotatable bonds is 6. The second-order valence-corrected chi connectivity index (χ2v) is 4.96. The Morgan fingerprint density at radius 2 is 2.04 bits per heavy atom. The van der Waals surface area contributed by atoms with Crippen LogP contribution in [0.2, 0.25) is 0 Å². The molecule has 0 aliphatic heterocycles. The van der Waals surface area contributed by atoms with Gasteiger partial charge in [0.25, 0.3) is 0 Å². The maximum absolute atomic E-state index is 5.37. The first-order valence-electron chi connectivity index (χ1n) is 7.45. The van der Waals surface area contributed by atoms with Gasteiger partial charge in [-0.2, -0.15) is 0 Å². The molecule has 0 fully saturated rings. The molecule has 0 saturated carbocycles. The summed E-state index contributed by atoms with van der Waals surface area (Å²) in [4.78, 5) is 8.24. The molecule has 118 valence electrons. The van der Waals surface area contributed by atoms with Crippen LogP contribution in [0.15, 0.2) is 48.9 Å². The minimum atomic E-state index is -0.0446. The summed E-state index contributed by atoms with van der Waals surface area (Å²) in [6.07, 6.45) is 3.37. The Kier molecular flexibility index (Phi) is 4.46. The zero-order valence-corrected chi connectivity index (χ0v) is 13.0. The molecule has 3 rings (SSSR count). The molecule has 0 aliphatic carbocycles. The highest BCUT2D eigenvalue weighted by atomic mass is 16.5. The lowest BCUT2D eigenvalue weighted by Gasteiger charge is -2.12. The minimum Gasteiger partial charge on any atom is -0.478 e. The number of aromatic nitrogens is 5. The van der Waals surface area contributed by atoms with Gasteiger partial charge in [-0.25, -0.2) is 14.6 Å². The molecule has 1 aromatic carbocycles. The number of nitrogens with one attached hydrogen (secondary N) is 1. The van der Waals surface area contributed by atoms with Crippen molar-refractivity contribution >= 4 is 5.82 Å². The molecule has 1 unspecified atom stereocenters. The topological polar surface area (TPSA) is 77.8 Å². The summed E-state index contributed by atoms with van der Waals surface area (Å²) in [6, 6.07) is 11.6. The first-order chi connectivity index (χ1) is 11.3. The van der Waals surface area contributed by atoms with E-state index in [1.54, 1.807) is 10.7 Å². The number of anilines is 1. The van der Waals surface area contributed by atoms with Crippen LogP contribution in [0.4, 0.5) is 5.82 Å². The Bertz CT molecular complexity index is 758. The van der Waals surface area contributed by atoms with E-state index >= 15 is 0 Å². The molecule has 0 aliphatic rings. The molecular weight excluding hydrogens is 292 g/mol. The second-order valence-electron chi connectivity index (χ2n) is 4.96. The van der Waals surface area contributed by atoms with Gasteiger partial charge in [0.2, 0.25) is 5.88 Å². The van der Waals surface area contributed by atoms with E-state index in [4.69, 9.17) is 4.74 Å². The molecule has 1 atom stereocenters. The molecule has 0 spiro atoms. The average Bonchev–Trinajstić information content (AvgIpc) is 3.06. The molecule has 0 saturated heterocycles. The summed E-state index contributed by atoms with van der Waals surface area (Å²) in [5.74, 6) is 1.23. The van der Waals surface area contributed by atoms with E-state index in [-0.39, 0.29) is 6.04 Å². The summed E-state index contributed by atoms with van der Waals surface area (Å²) in [6.45, 7) is 4.49. The Hall–Kier alpha value is -2.96. The Balaban J connectivity index is 1.72. The Labute approximate surface area is 134 Å². The molecule has 7 heteroatoms. The molecule has 3 aromatic rings. The number of para-hydroxylation sites is 1. The predicted octanol–water partition coefficient (Wildman–Crippen LogP) is 2.63. The fourth-order valence-corrected chi connectivity index (χ4v) is 2.12. The fourth-order valence-electron chi connectivity index (χ4n) is 2.12. The third-order valence-corrected chi connectivity index (χ3v) is 3.27. The van der Waals surface area contributed by atoms with Gasteiger partial charge < -0.3 is 10.1 Å². The van der Waals surface area contributed by atoms with Gasteiger partial charge in [0.1, 0.15) is 17.8 Å². The van der Waals surface area contributed by atoms with E-state index in [1.807, 2.05) is 50.4 Å². The van der Waals surface area contributed by atoms with E-state index in [2.05, 4.69) is 25.6 Å². The van der Waals surface area contributed by atoms with E-state index in [0.717, 1.165) is 11.4 Å². The van der Waals surface area contributed by atoms with Crippen LogP contribution in [-0.2, 0) is 0 Å². The van der Waals surface area contributed by atoms with Crippen molar-refractivity contribution in [3.63, 3.8) is 0 Å². The van der Waals surface area contributed by atoms with Crippen molar-refractivity contribution in [2.75, 3.05) is 11.9 Å². The quantitative estimate of drug-likeness (QED) is 0.754. The molecule has 2 heterocycles. The highest BCUT2D eigenvalue weighted by Crippen LogP contribution is 2.18. The van der Waals surface area contributed by atoms with Crippen LogP contribution in [0, 0.1) is 0 Å². The van der Waals surface area contributed by atoms with Crippen molar-refractivity contribution in [2.45, 2.75) is 19.9 Å². The zero-order chi connectivity index (χ0) is 16.1. The first kappa shape index (κ1) is 15.0. The third-order valence-electron chi connectivity index (χ3n) is 3.27. The van der Waals surface area contributed by atoms with Crippen molar-refractivity contribution in [2.24, 2.45) is 0 Å². The number of hydrogen-bond donors (Lipinski definition) is 1. The lowest BCUT2D eigenvalue weighted by Crippen LogP contribution is -2.09. The molecule has 0 amide bonds. The standard InChI is InChI=1S/C16H18N6O/c1-3-23-16-9-15(17-11-18-16)19-12(2)14-10-22(21-20-14)13-7-5-4-6-8-13/h4-12H,3H2,1-2H3,(H,17,18,19). The zero-order valence-electron chi connectivity index (χ0n) is 13.0. The van der Waals surface area contributed by atoms with Crippen molar-refractivity contribution in [1.82, 2.24) is 25.0 Å². The average molecular weight is 310 g/mol. The van der Waals surface area contributed by atoms with E-state index < -0.39 is 0 Å². The number of benzene rings is 1. The summed E-state index contributed by atoms with van der Waals surface area (Å²) in [7, 11) is 0. The summed E-state index contributed by atoms with van der Waals surface area (Å²) >= 11 is 0. The molecule has 0 bridgehead atoms. The van der Waals surface area contributed by atoms with Crippen LogP contribution in [0.3, 0.4) is 0 Å². The molecule has 23 heavy (non-hydrogen) atoms. The van der Waals surface area contributed by atoms with Gasteiger partial charge in [-0.05, 0) is 26.0 Å². The van der Waals surface area contributed by atoms with Crippen molar-refractivity contribution in [3.8, 4) is 11.6 Å². The highest BCUT2D eigenvalue weighted by Gasteiger charge is 2.12. The molecule has 7 nitrogen and oxygen atoms in total. The molecule has 2 aromatic heterocycles. The maximum Gasteiger partial charge on any atom is 0.218 e. The minimum absolute atomic E-state index is 0.0446. The van der Waals surface area contributed by atoms with Crippen molar-refractivity contribution < 1.29 is 4.74 Å². The van der Waals surface area contributed by atoms with Crippen LogP contribution >= 0.6 is 0 Å². The van der Waals surface area contributed by atoms with Crippen LogP contribution in [0.1, 0.15) is 25.6 Å². The summed E-state index contributed by atoms with van der Waals surface area (Å²) < 4.78 is 7.12. The fraction of sp³-hybridized carbons (Fsp3) is 0.250. The van der Waals surface area contributed by atoms with Crippen molar-refractivity contribution in [1.29, 1.82) is 0 Å². The van der Waals surface area contributed by atoms with Gasteiger partial charge in [-0.3, -0.25) is 0 Å². The lowest BCUT2D eigenvalue weighted by molar-refractivity contribution is 0.326. The van der Waals surface area contributed by atoms with E-state index in [1.165, 1.54) is 6.33 Å². The van der Waals surface area contributed by atoms with Crippen LogP contribution in [0.25, 0.3) is 5.69 Å². The molecule has 1 N–H and O–H groups in total. The number of nitrogens with zero attached hydrogens (tertiary/aromatic N) is 5. The summed E-state index contributed by atoms with van der Waals surface area (Å²) in [5.41, 5.74) is 1.80. The molecular formula is C16H18N6O. The molecule has 0 radical (unpaired) electrons. The van der Waals surface area contributed by atoms with Crippen molar-refractivity contribution in [3.05, 3.63) is 54.6 Å². The Morgan fingerprint density at radius 1 is 1.22 bits per heavy atom. The van der Waals surface area contributed by atoms with Crippen LogP contribution in [-0.4, -0.2) is 31.6 Å². The van der Waals surface area contributed by atoms with Crippen LogP contribution < -0.4 is 10.1 Å². The SMILES string of the molecule is CCOc1cc(NC(C)c2cn(-c3ccccc3)nn2)ncn1. The monoisotopic (exact) mass is 310 g/mol. The van der Waals surface area contributed by atoms with Gasteiger partial charge in [-0.15, -0.1) is 5.10 Å². The lowest BCUT2D eigenvalue weighted by atomic mass is 10.2. The van der Waals surface area contributed by atoms with Gasteiger partial charge in [0, 0.05) is 6.07 Å². The number of ether oxygens (including phenoxy) is 1. The van der Waals surface area contributed by atoms with Crippen LogP contribution in [0.5, 0.6) is 5.88 Å². The Morgan fingerprint density at radius 3 is 2.83 bits per heavy atom. The van der Waals surface area contributed by atoms with E-state index in [9.17, 15) is 0 Å². The van der Waals surface area contributed by atoms with Gasteiger partial charge >= 0.3 is 0 Å². The normalized spacial score (nSPS) is 11.9. The number of hydrogen-bond acceptors (Lipinski definition) is 6. The summed E-state index contributed by atoms with van der Waals surface area (Å²) in [5, 5.41) is 11.7. The van der Waals surface area contributed by atoms with Gasteiger partial charge in [-0.1, -0.05) is 23.4 Å². The maximum atomic E-state index is 5.37. The van der Waals surface area contributed by atoms with Gasteiger partial charge in [0.15, 0.2) is 0 Å². The van der Waals surface area contributed by atoms with E-state index in [0.29, 0.717) is 18.3 Å². The second kappa shape index (κ2) is 6.87. The van der Waals surface area contributed by atoms with Gasteiger partial charge in [0.05, 0.1) is 24.5 Å². The predicted molar refractivity (Wildman–Crippen MR) is 86.6 cm³/mol. The first-order valence-corrected chi connectivity index (χ1v) is 7.45. The third kappa shape index (κ3) is 3.63. The largest absolute Gasteiger partial charge is 0.478 e.